The molecule has 168 valence electrons. The van der Waals surface area contributed by atoms with Gasteiger partial charge in [-0.05, 0) is 36.6 Å². The van der Waals surface area contributed by atoms with Crippen molar-refractivity contribution in [1.82, 2.24) is 14.9 Å². The van der Waals surface area contributed by atoms with Gasteiger partial charge in [0.25, 0.3) is 5.56 Å². The van der Waals surface area contributed by atoms with Gasteiger partial charge in [0.1, 0.15) is 5.82 Å². The molecular weight excluding hydrogens is 419 g/mol. The van der Waals surface area contributed by atoms with Gasteiger partial charge in [-0.3, -0.25) is 9.69 Å². The maximum absolute atomic E-state index is 13.3. The van der Waals surface area contributed by atoms with Crippen LogP contribution in [0.1, 0.15) is 23.1 Å². The average molecular weight is 443 g/mol. The smallest absolute Gasteiger partial charge is 0.384 e. The minimum Gasteiger partial charge on any atom is -0.384 e. The molecule has 5 rings (SSSR count). The molecule has 0 aliphatic carbocycles. The number of anilines is 2. The zero-order valence-corrected chi connectivity index (χ0v) is 17.5. The molecule has 4 heterocycles. The van der Waals surface area contributed by atoms with Crippen LogP contribution in [0.25, 0.3) is 10.9 Å². The Labute approximate surface area is 183 Å². The predicted octanol–water partition coefficient (Wildman–Crippen LogP) is 3.62. The van der Waals surface area contributed by atoms with E-state index in [9.17, 15) is 18.0 Å². The lowest BCUT2D eigenvalue weighted by Gasteiger charge is -2.36. The second-order valence-electron chi connectivity index (χ2n) is 8.35. The molecule has 0 atom stereocenters. The lowest BCUT2D eigenvalue weighted by Crippen LogP contribution is -2.46. The Morgan fingerprint density at radius 2 is 1.91 bits per heavy atom. The zero-order chi connectivity index (χ0) is 22.3. The fraction of sp³-hybridized carbons (Fsp3) is 0.391. The first-order chi connectivity index (χ1) is 15.4. The number of fused-ring (bicyclic) bond motifs is 3. The van der Waals surface area contributed by atoms with Gasteiger partial charge >= 0.3 is 6.18 Å². The summed E-state index contributed by atoms with van der Waals surface area (Å²) < 4.78 is 40.0. The third kappa shape index (κ3) is 3.92. The highest BCUT2D eigenvalue weighted by Gasteiger charge is 2.36. The second-order valence-corrected chi connectivity index (χ2v) is 8.35. The third-order valence-corrected chi connectivity index (χ3v) is 6.25. The zero-order valence-electron chi connectivity index (χ0n) is 17.5. The van der Waals surface area contributed by atoms with Crippen LogP contribution in [0, 0.1) is 0 Å². The molecule has 6 nitrogen and oxygen atoms in total. The highest BCUT2D eigenvalue weighted by molar-refractivity contribution is 5.93. The summed E-state index contributed by atoms with van der Waals surface area (Å²) in [5.41, 5.74) is 2.89. The molecule has 0 saturated carbocycles. The fourth-order valence-electron chi connectivity index (χ4n) is 4.65. The number of H-pyrrole nitrogens is 1. The van der Waals surface area contributed by atoms with Crippen LogP contribution in [0.2, 0.25) is 0 Å². The maximum atomic E-state index is 13.3. The first-order valence-corrected chi connectivity index (χ1v) is 10.8. The molecule has 2 aliphatic heterocycles. The van der Waals surface area contributed by atoms with Crippen molar-refractivity contribution in [3.8, 4) is 0 Å². The Morgan fingerprint density at radius 3 is 2.69 bits per heavy atom. The summed E-state index contributed by atoms with van der Waals surface area (Å²) in [6.07, 6.45) is -1.28. The van der Waals surface area contributed by atoms with Gasteiger partial charge in [-0.1, -0.05) is 12.1 Å². The predicted molar refractivity (Wildman–Crippen MR) is 118 cm³/mol. The first-order valence-electron chi connectivity index (χ1n) is 10.8. The SMILES string of the molecule is O=c1[nH]c2cc(CN3CCN(c4ncccc4C(F)(F)F)CC3)ccc2c2c1CCCN2. The Hall–Kier alpha value is -3.07. The van der Waals surface area contributed by atoms with Gasteiger partial charge < -0.3 is 15.2 Å². The molecule has 1 aromatic carbocycles. The van der Waals surface area contributed by atoms with Gasteiger partial charge in [0.15, 0.2) is 0 Å². The van der Waals surface area contributed by atoms with E-state index in [2.05, 4.69) is 26.3 Å². The van der Waals surface area contributed by atoms with E-state index in [1.165, 1.54) is 12.3 Å². The van der Waals surface area contributed by atoms with Crippen molar-refractivity contribution in [2.75, 3.05) is 42.9 Å². The monoisotopic (exact) mass is 443 g/mol. The summed E-state index contributed by atoms with van der Waals surface area (Å²) >= 11 is 0. The number of pyridine rings is 2. The van der Waals surface area contributed by atoms with E-state index in [-0.39, 0.29) is 11.4 Å². The van der Waals surface area contributed by atoms with Crippen molar-refractivity contribution in [1.29, 1.82) is 0 Å². The van der Waals surface area contributed by atoms with Crippen LogP contribution in [0.5, 0.6) is 0 Å². The maximum Gasteiger partial charge on any atom is 0.419 e. The van der Waals surface area contributed by atoms with Crippen molar-refractivity contribution in [2.45, 2.75) is 25.6 Å². The largest absolute Gasteiger partial charge is 0.419 e. The van der Waals surface area contributed by atoms with Gasteiger partial charge in [0.2, 0.25) is 0 Å². The molecule has 32 heavy (non-hydrogen) atoms. The van der Waals surface area contributed by atoms with Crippen LogP contribution >= 0.6 is 0 Å². The molecule has 2 N–H and O–H groups in total. The molecular formula is C23H24F3N5O. The van der Waals surface area contributed by atoms with Crippen LogP contribution in [-0.2, 0) is 19.1 Å². The van der Waals surface area contributed by atoms with Gasteiger partial charge in [-0.25, -0.2) is 4.98 Å². The molecule has 9 heteroatoms. The molecule has 1 fully saturated rings. The minimum atomic E-state index is -4.42. The number of piperazine rings is 1. The number of aromatic amines is 1. The number of alkyl halides is 3. The van der Waals surface area contributed by atoms with E-state index in [1.54, 1.807) is 4.90 Å². The van der Waals surface area contributed by atoms with Crippen LogP contribution in [0.3, 0.4) is 0 Å². The standard InChI is InChI=1S/C23H24F3N5O/c24-23(25,26)18-4-2-8-28-21(18)31-11-9-30(10-12-31)14-15-5-6-16-19(13-15)29-22(32)17-3-1-7-27-20(16)17/h2,4-6,8,13,27H,1,3,7,9-12,14H2,(H,29,32). The first kappa shape index (κ1) is 20.8. The number of aromatic nitrogens is 2. The summed E-state index contributed by atoms with van der Waals surface area (Å²) in [5.74, 6) is 0.000189. The number of hydrogen-bond donors (Lipinski definition) is 2. The van der Waals surface area contributed by atoms with Crippen LogP contribution in [-0.4, -0.2) is 47.6 Å². The molecule has 0 spiro atoms. The molecule has 0 unspecified atom stereocenters. The Morgan fingerprint density at radius 1 is 1.09 bits per heavy atom. The fourth-order valence-corrected chi connectivity index (χ4v) is 4.65. The quantitative estimate of drug-likeness (QED) is 0.648. The summed E-state index contributed by atoms with van der Waals surface area (Å²) in [6.45, 7) is 3.75. The van der Waals surface area contributed by atoms with Crippen molar-refractivity contribution in [3.05, 3.63) is 63.6 Å². The van der Waals surface area contributed by atoms with Crippen molar-refractivity contribution in [3.63, 3.8) is 0 Å². The van der Waals surface area contributed by atoms with E-state index in [1.807, 2.05) is 12.1 Å². The highest BCUT2D eigenvalue weighted by atomic mass is 19.4. The molecule has 0 radical (unpaired) electrons. The molecule has 0 bridgehead atoms. The second kappa shape index (κ2) is 8.12. The third-order valence-electron chi connectivity index (χ3n) is 6.25. The average Bonchev–Trinajstić information content (AvgIpc) is 2.79. The van der Waals surface area contributed by atoms with Crippen LogP contribution in [0.4, 0.5) is 24.7 Å². The number of nitrogens with zero attached hydrogens (tertiary/aromatic N) is 3. The van der Waals surface area contributed by atoms with Gasteiger partial charge in [-0.15, -0.1) is 0 Å². The number of halogens is 3. The van der Waals surface area contributed by atoms with Gasteiger partial charge in [0, 0.05) is 56.4 Å². The molecule has 0 amide bonds. The minimum absolute atomic E-state index is 0.000189. The van der Waals surface area contributed by atoms with Crippen molar-refractivity contribution < 1.29 is 13.2 Å². The van der Waals surface area contributed by atoms with E-state index in [0.29, 0.717) is 32.7 Å². The van der Waals surface area contributed by atoms with Crippen molar-refractivity contribution >= 4 is 22.4 Å². The van der Waals surface area contributed by atoms with Crippen molar-refractivity contribution in [2.24, 2.45) is 0 Å². The Bertz CT molecular complexity index is 1200. The Kier molecular flexibility index (Phi) is 5.28. The molecule has 2 aromatic heterocycles. The summed E-state index contributed by atoms with van der Waals surface area (Å²) in [6, 6.07) is 8.50. The number of hydrogen-bond acceptors (Lipinski definition) is 5. The van der Waals surface area contributed by atoms with E-state index < -0.39 is 11.7 Å². The lowest BCUT2D eigenvalue weighted by atomic mass is 10.0. The normalized spacial score (nSPS) is 17.3. The summed E-state index contributed by atoms with van der Waals surface area (Å²) in [7, 11) is 0. The lowest BCUT2D eigenvalue weighted by molar-refractivity contribution is -0.137. The van der Waals surface area contributed by atoms with Gasteiger partial charge in [0.05, 0.1) is 16.8 Å². The highest BCUT2D eigenvalue weighted by Crippen LogP contribution is 2.35. The molecule has 1 saturated heterocycles. The number of benzene rings is 1. The summed E-state index contributed by atoms with van der Waals surface area (Å²) in [5, 5.41) is 4.38. The van der Waals surface area contributed by atoms with E-state index in [0.717, 1.165) is 53.2 Å². The topological polar surface area (TPSA) is 64.3 Å². The molecule has 2 aliphatic rings. The van der Waals surface area contributed by atoms with Crippen LogP contribution < -0.4 is 15.8 Å². The van der Waals surface area contributed by atoms with Crippen LogP contribution in [0.15, 0.2) is 41.3 Å². The Balaban J connectivity index is 1.30. The van der Waals surface area contributed by atoms with E-state index in [4.69, 9.17) is 0 Å². The summed E-state index contributed by atoms with van der Waals surface area (Å²) in [4.78, 5) is 23.4. The van der Waals surface area contributed by atoms with E-state index >= 15 is 0 Å². The number of rotatable bonds is 3. The number of nitrogens with one attached hydrogen (secondary N) is 2. The van der Waals surface area contributed by atoms with Gasteiger partial charge in [-0.2, -0.15) is 13.2 Å². The molecule has 3 aromatic rings.